The normalized spacial score (nSPS) is 11.3. The Morgan fingerprint density at radius 1 is 1.08 bits per heavy atom. The van der Waals surface area contributed by atoms with Crippen LogP contribution >= 0.6 is 47.0 Å². The Labute approximate surface area is 170 Å². The molecule has 0 spiro atoms. The first kappa shape index (κ1) is 19.3. The van der Waals surface area contributed by atoms with E-state index >= 15 is 0 Å². The molecule has 0 unspecified atom stereocenters. The van der Waals surface area contributed by atoms with Gasteiger partial charge in [0.2, 0.25) is 4.77 Å². The standard InChI is InChI=1S/C17H14Cl3FN4S/c1-23(2)9-24-17(26)25(11-4-6-15(21)14(20)8-11)16(22-24)12-5-3-10(18)7-13(12)19/h3-8H,9H2,1-2H3/p+1. The monoisotopic (exact) mass is 431 g/mol. The minimum atomic E-state index is -0.502. The second kappa shape index (κ2) is 7.66. The van der Waals surface area contributed by atoms with Crippen molar-refractivity contribution in [2.45, 2.75) is 6.67 Å². The number of halogens is 4. The van der Waals surface area contributed by atoms with E-state index in [9.17, 15) is 4.39 Å². The molecule has 0 saturated heterocycles. The van der Waals surface area contributed by atoms with Gasteiger partial charge in [-0.25, -0.2) is 4.39 Å². The minimum Gasteiger partial charge on any atom is -0.321 e. The molecule has 0 bridgehead atoms. The number of rotatable bonds is 4. The molecule has 26 heavy (non-hydrogen) atoms. The number of nitrogens with zero attached hydrogens (tertiary/aromatic N) is 3. The van der Waals surface area contributed by atoms with Gasteiger partial charge in [0.15, 0.2) is 12.5 Å². The predicted octanol–water partition coefficient (Wildman–Crippen LogP) is 4.27. The molecule has 3 rings (SSSR count). The molecule has 2 aromatic carbocycles. The van der Waals surface area contributed by atoms with E-state index in [-0.39, 0.29) is 5.02 Å². The number of hydrogen-bond donors (Lipinski definition) is 1. The van der Waals surface area contributed by atoms with Crippen molar-refractivity contribution in [2.24, 2.45) is 0 Å². The molecule has 0 aliphatic rings. The first-order valence-electron chi connectivity index (χ1n) is 7.67. The van der Waals surface area contributed by atoms with Crippen molar-refractivity contribution in [3.63, 3.8) is 0 Å². The van der Waals surface area contributed by atoms with E-state index in [2.05, 4.69) is 5.10 Å². The summed E-state index contributed by atoms with van der Waals surface area (Å²) in [7, 11) is 3.98. The number of nitrogens with one attached hydrogen (secondary N) is 1. The van der Waals surface area contributed by atoms with Gasteiger partial charge in [-0.3, -0.25) is 4.57 Å². The highest BCUT2D eigenvalue weighted by Crippen LogP contribution is 2.32. The molecule has 3 aromatic rings. The van der Waals surface area contributed by atoms with Crippen molar-refractivity contribution in [2.75, 3.05) is 14.1 Å². The summed E-state index contributed by atoms with van der Waals surface area (Å²) < 4.78 is 17.5. The van der Waals surface area contributed by atoms with Crippen LogP contribution in [0.25, 0.3) is 17.1 Å². The summed E-state index contributed by atoms with van der Waals surface area (Å²) in [6.07, 6.45) is 0. The van der Waals surface area contributed by atoms with Gasteiger partial charge in [-0.05, 0) is 48.6 Å². The van der Waals surface area contributed by atoms with Gasteiger partial charge in [-0.2, -0.15) is 4.68 Å². The van der Waals surface area contributed by atoms with E-state index in [1.165, 1.54) is 12.1 Å². The van der Waals surface area contributed by atoms with E-state index in [0.717, 1.165) is 4.90 Å². The lowest BCUT2D eigenvalue weighted by Gasteiger charge is -2.09. The predicted molar refractivity (Wildman–Crippen MR) is 106 cm³/mol. The van der Waals surface area contributed by atoms with Gasteiger partial charge in [0.1, 0.15) is 5.82 Å². The van der Waals surface area contributed by atoms with Gasteiger partial charge < -0.3 is 4.90 Å². The van der Waals surface area contributed by atoms with E-state index in [0.29, 0.717) is 38.6 Å². The third-order valence-electron chi connectivity index (χ3n) is 3.64. The van der Waals surface area contributed by atoms with Crippen LogP contribution in [0.5, 0.6) is 0 Å². The van der Waals surface area contributed by atoms with Crippen LogP contribution in [-0.4, -0.2) is 28.4 Å². The van der Waals surface area contributed by atoms with Crippen molar-refractivity contribution in [1.82, 2.24) is 14.3 Å². The van der Waals surface area contributed by atoms with Gasteiger partial charge in [0.25, 0.3) is 0 Å². The van der Waals surface area contributed by atoms with Crippen LogP contribution in [0.2, 0.25) is 15.1 Å². The third-order valence-corrected chi connectivity index (χ3v) is 4.87. The molecular formula is C17H15Cl3FN4S+. The summed E-state index contributed by atoms with van der Waals surface area (Å²) in [5.74, 6) is 0.0266. The number of benzene rings is 2. The van der Waals surface area contributed by atoms with Gasteiger partial charge >= 0.3 is 0 Å². The topological polar surface area (TPSA) is 27.2 Å². The van der Waals surface area contributed by atoms with Gasteiger partial charge in [0, 0.05) is 10.6 Å². The molecule has 0 atom stereocenters. The highest BCUT2D eigenvalue weighted by atomic mass is 35.5. The van der Waals surface area contributed by atoms with Crippen LogP contribution in [0.1, 0.15) is 0 Å². The summed E-state index contributed by atoms with van der Waals surface area (Å²) in [5, 5.41) is 5.59. The second-order valence-corrected chi connectivity index (χ2v) is 7.64. The summed E-state index contributed by atoms with van der Waals surface area (Å²) in [4.78, 5) is 1.14. The summed E-state index contributed by atoms with van der Waals surface area (Å²) in [5.41, 5.74) is 1.26. The van der Waals surface area contributed by atoms with Crippen molar-refractivity contribution < 1.29 is 9.29 Å². The van der Waals surface area contributed by atoms with Gasteiger partial charge in [-0.15, -0.1) is 5.10 Å². The lowest BCUT2D eigenvalue weighted by molar-refractivity contribution is -0.883. The molecular weight excluding hydrogens is 418 g/mol. The molecule has 4 nitrogen and oxygen atoms in total. The lowest BCUT2D eigenvalue weighted by atomic mass is 10.2. The van der Waals surface area contributed by atoms with Crippen LogP contribution in [0.15, 0.2) is 36.4 Å². The fourth-order valence-corrected chi connectivity index (χ4v) is 3.48. The zero-order valence-electron chi connectivity index (χ0n) is 13.9. The number of quaternary nitrogens is 1. The average molecular weight is 433 g/mol. The zero-order chi connectivity index (χ0) is 19.0. The zero-order valence-corrected chi connectivity index (χ0v) is 17.0. The average Bonchev–Trinajstić information content (AvgIpc) is 2.86. The summed E-state index contributed by atoms with van der Waals surface area (Å²) >= 11 is 23.9. The molecule has 136 valence electrons. The Hall–Kier alpha value is -1.44. The summed E-state index contributed by atoms with van der Waals surface area (Å²) in [6.45, 7) is 0.555. The molecule has 0 fully saturated rings. The largest absolute Gasteiger partial charge is 0.321 e. The van der Waals surface area contributed by atoms with Crippen molar-refractivity contribution in [3.05, 3.63) is 62.1 Å². The molecule has 0 aliphatic heterocycles. The van der Waals surface area contributed by atoms with Crippen molar-refractivity contribution in [1.29, 1.82) is 0 Å². The fourth-order valence-electron chi connectivity index (χ4n) is 2.51. The Morgan fingerprint density at radius 3 is 2.42 bits per heavy atom. The fraction of sp³-hybridized carbons (Fsp3) is 0.176. The summed E-state index contributed by atoms with van der Waals surface area (Å²) in [6, 6.07) is 9.54. The highest BCUT2D eigenvalue weighted by Gasteiger charge is 2.19. The molecule has 0 radical (unpaired) electrons. The SMILES string of the molecule is C[NH+](C)Cn1nc(-c2ccc(Cl)cc2Cl)n(-c2ccc(F)c(Cl)c2)c1=S. The van der Waals surface area contributed by atoms with Crippen molar-refractivity contribution in [3.8, 4) is 17.1 Å². The van der Waals surface area contributed by atoms with Gasteiger partial charge in [-0.1, -0.05) is 34.8 Å². The third kappa shape index (κ3) is 3.80. The highest BCUT2D eigenvalue weighted by molar-refractivity contribution is 7.71. The molecule has 1 aromatic heterocycles. The Morgan fingerprint density at radius 2 is 1.81 bits per heavy atom. The smallest absolute Gasteiger partial charge is 0.207 e. The second-order valence-electron chi connectivity index (χ2n) is 6.03. The van der Waals surface area contributed by atoms with E-state index < -0.39 is 5.82 Å². The van der Waals surface area contributed by atoms with Crippen LogP contribution in [0.3, 0.4) is 0 Å². The quantitative estimate of drug-likeness (QED) is 0.623. The molecule has 0 saturated carbocycles. The van der Waals surface area contributed by atoms with Crippen LogP contribution in [-0.2, 0) is 6.67 Å². The first-order chi connectivity index (χ1) is 12.3. The van der Waals surface area contributed by atoms with Crippen molar-refractivity contribution >= 4 is 47.0 Å². The Balaban J connectivity index is 2.28. The van der Waals surface area contributed by atoms with E-state index in [1.807, 2.05) is 14.1 Å². The van der Waals surface area contributed by atoms with E-state index in [4.69, 9.17) is 47.0 Å². The number of hydrogen-bond acceptors (Lipinski definition) is 2. The molecule has 1 N–H and O–H groups in total. The van der Waals surface area contributed by atoms with E-state index in [1.54, 1.807) is 33.5 Å². The molecule has 9 heteroatoms. The Bertz CT molecular complexity index is 1030. The van der Waals surface area contributed by atoms with Crippen LogP contribution < -0.4 is 4.90 Å². The maximum atomic E-state index is 13.6. The first-order valence-corrected chi connectivity index (χ1v) is 9.22. The van der Waals surface area contributed by atoms with Crippen LogP contribution in [0, 0.1) is 10.6 Å². The Kier molecular flexibility index (Phi) is 5.69. The maximum Gasteiger partial charge on any atom is 0.207 e. The number of aromatic nitrogens is 3. The van der Waals surface area contributed by atoms with Crippen LogP contribution in [0.4, 0.5) is 4.39 Å². The maximum absolute atomic E-state index is 13.6. The lowest BCUT2D eigenvalue weighted by Crippen LogP contribution is -3.05. The molecule has 0 aliphatic carbocycles. The molecule has 0 amide bonds. The molecule has 1 heterocycles. The minimum absolute atomic E-state index is 0.00328. The van der Waals surface area contributed by atoms with Gasteiger partial charge in [0.05, 0.1) is 29.8 Å².